The normalized spacial score (nSPS) is 17.5. The fourth-order valence-electron chi connectivity index (χ4n) is 17.8. The number of aliphatic hydroxyl groups is 8. The van der Waals surface area contributed by atoms with Crippen molar-refractivity contribution in [2.75, 3.05) is 6.61 Å². The standard InChI is InChI=1S/2C15H22O.C15H24O.C13H18O2.C13H20.C12H16O2.C11H16.C10H12O.C10H12/c1-3-9-15(10-4-11-15)14(16)13-7-5-12(2)6-8-13;1-3-8-15(9-5-10-15)14(16)13-7-4-6-12(2)11-13;1-12-7-9-13(10-8-12)14(16)6-5-11-15(2,3)4;1-10-3-5-11(6-4-10)12(15)13(9-14)7-2-8-13;1-3-4-5-6-7-13-10-8-12(2)9-11-13;1-9-3-5-10(6-4-9)11(13)12(14)7-2-8-12;1-9-5-7-10(8-6-9)11(2,3)4;1-7-2-4-9-8(6-7)3-5-10(9)11;1-8-5-6-9-3-2-4-10(9)7-8/h5-8,14,16H,3-4,9-11H2,1-2H3;4,6-7,11,14,16H,3,5,8-10H2,1-2H3;7-10,14,16H,5-6,11H2,1-4H3;3-6,12,14-15H,2,7-9H2,1H3;8-11H,3-7H2,1-2H3;3-6,11,13-14H,2,7-8H2,1H3;5-8H,1-4H3;2,4,6,10-11H,3,5H2,1H3;5-7H,2-4H2,1H3. The Kier molecular flexibility index (Phi) is 41.3. The Bertz CT molecular complexity index is 4400. The van der Waals surface area contributed by atoms with Crippen molar-refractivity contribution in [3.05, 3.63) is 318 Å². The van der Waals surface area contributed by atoms with E-state index in [4.69, 9.17) is 0 Å². The number of hydrogen-bond donors (Lipinski definition) is 8. The third-order valence-electron chi connectivity index (χ3n) is 26.7. The monoisotopic (exact) mass is 1660 g/mol. The van der Waals surface area contributed by atoms with Crippen molar-refractivity contribution in [3.63, 3.8) is 0 Å². The molecule has 0 heterocycles. The Balaban J connectivity index is 0.000000190. The van der Waals surface area contributed by atoms with Crippen molar-refractivity contribution >= 4 is 0 Å². The molecule has 0 spiro atoms. The van der Waals surface area contributed by atoms with E-state index < -0.39 is 17.8 Å². The SMILES string of the molecule is CCCC1(C(O)c2ccc(C)cc2)CCC1.CCCC1(C(O)c2cccc(C)c2)CCC1.CCCCCCc1ccc(C)cc1.Cc1ccc(C(C)(C)C)cc1.Cc1ccc(C(O)C2(CO)CCC2)cc1.Cc1ccc(C(O)C2(O)CCC2)cc1.Cc1ccc(C(O)CCCC(C)(C)C)cc1.Cc1ccc2c(c1)CCC2.Cc1ccc2c(c1)CCC2O. The molecule has 0 radical (unpaired) electrons. The van der Waals surface area contributed by atoms with E-state index in [1.165, 1.54) is 169 Å². The van der Waals surface area contributed by atoms with E-state index in [-0.39, 0.29) is 52.7 Å². The zero-order valence-electron chi connectivity index (χ0n) is 78.9. The van der Waals surface area contributed by atoms with Crippen LogP contribution in [0.15, 0.2) is 206 Å². The lowest BCUT2D eigenvalue weighted by molar-refractivity contribution is -0.127. The molecule has 6 aliphatic carbocycles. The van der Waals surface area contributed by atoms with E-state index in [2.05, 4.69) is 244 Å². The lowest BCUT2D eigenvalue weighted by Gasteiger charge is -2.46. The number of hydrogen-bond acceptors (Lipinski definition) is 8. The molecular weight excluding hydrogens is 1500 g/mol. The van der Waals surface area contributed by atoms with Gasteiger partial charge in [0.15, 0.2) is 0 Å². The van der Waals surface area contributed by atoms with E-state index >= 15 is 0 Å². The third kappa shape index (κ3) is 32.0. The first kappa shape index (κ1) is 102. The lowest BCUT2D eigenvalue weighted by atomic mass is 9.61. The van der Waals surface area contributed by atoms with Gasteiger partial charge >= 0.3 is 0 Å². The first-order valence-electron chi connectivity index (χ1n) is 47.0. The van der Waals surface area contributed by atoms with Gasteiger partial charge in [0.2, 0.25) is 0 Å². The molecule has 9 aromatic rings. The maximum absolute atomic E-state index is 10.5. The molecule has 0 aliphatic heterocycles. The van der Waals surface area contributed by atoms with Crippen molar-refractivity contribution in [1.82, 2.24) is 0 Å². The quantitative estimate of drug-likeness (QED) is 0.0311. The van der Waals surface area contributed by atoms with Crippen molar-refractivity contribution in [2.45, 2.75) is 358 Å². The average Bonchev–Trinajstić information content (AvgIpc) is 0.894. The van der Waals surface area contributed by atoms with E-state index in [0.717, 1.165) is 104 Å². The van der Waals surface area contributed by atoms with Gasteiger partial charge in [-0.2, -0.15) is 0 Å². The first-order valence-corrected chi connectivity index (χ1v) is 47.0. The number of aryl methyl sites for hydroxylation is 13. The Morgan fingerprint density at radius 3 is 1.18 bits per heavy atom. The minimum Gasteiger partial charge on any atom is -0.396 e. The van der Waals surface area contributed by atoms with Gasteiger partial charge < -0.3 is 40.9 Å². The highest BCUT2D eigenvalue weighted by atomic mass is 16.3. The van der Waals surface area contributed by atoms with Crippen molar-refractivity contribution in [1.29, 1.82) is 0 Å². The Morgan fingerprint density at radius 1 is 0.361 bits per heavy atom. The van der Waals surface area contributed by atoms with Gasteiger partial charge in [-0.1, -0.05) is 376 Å². The molecule has 666 valence electrons. The Labute approximate surface area is 740 Å². The fourth-order valence-corrected chi connectivity index (χ4v) is 17.8. The summed E-state index contributed by atoms with van der Waals surface area (Å²) >= 11 is 0. The van der Waals surface area contributed by atoms with Gasteiger partial charge in [0.1, 0.15) is 6.10 Å². The summed E-state index contributed by atoms with van der Waals surface area (Å²) in [5, 5.41) is 80.0. The van der Waals surface area contributed by atoms with Gasteiger partial charge in [0, 0.05) is 16.2 Å². The van der Waals surface area contributed by atoms with E-state index in [9.17, 15) is 40.9 Å². The maximum Gasteiger partial charge on any atom is 0.108 e. The molecule has 6 unspecified atom stereocenters. The largest absolute Gasteiger partial charge is 0.396 e. The molecule has 0 aromatic heterocycles. The second-order valence-corrected chi connectivity index (χ2v) is 39.7. The predicted molar refractivity (Wildman–Crippen MR) is 515 cm³/mol. The summed E-state index contributed by atoms with van der Waals surface area (Å²) in [5.74, 6) is 0. The topological polar surface area (TPSA) is 162 Å². The molecule has 8 nitrogen and oxygen atoms in total. The number of fused-ring (bicyclic) bond motifs is 2. The smallest absolute Gasteiger partial charge is 0.108 e. The van der Waals surface area contributed by atoms with Gasteiger partial charge in [-0.25, -0.2) is 0 Å². The summed E-state index contributed by atoms with van der Waals surface area (Å²) in [4.78, 5) is 0. The van der Waals surface area contributed by atoms with Gasteiger partial charge in [0.25, 0.3) is 0 Å². The third-order valence-corrected chi connectivity index (χ3v) is 26.7. The molecule has 8 N–H and O–H groups in total. The zero-order chi connectivity index (χ0) is 89.3. The summed E-state index contributed by atoms with van der Waals surface area (Å²) in [6, 6.07) is 71.2. The van der Waals surface area contributed by atoms with Crippen molar-refractivity contribution < 1.29 is 40.9 Å². The van der Waals surface area contributed by atoms with Gasteiger partial charge in [0.05, 0.1) is 42.7 Å². The van der Waals surface area contributed by atoms with Crippen LogP contribution in [0.1, 0.15) is 371 Å². The van der Waals surface area contributed by atoms with Gasteiger partial charge in [-0.3, -0.25) is 0 Å². The van der Waals surface area contributed by atoms with Crippen LogP contribution >= 0.6 is 0 Å². The number of aliphatic hydroxyl groups excluding tert-OH is 7. The molecule has 122 heavy (non-hydrogen) atoms. The number of rotatable bonds is 22. The van der Waals surface area contributed by atoms with Crippen LogP contribution < -0.4 is 0 Å². The minimum atomic E-state index is -0.866. The molecular formula is C114H162O8. The zero-order valence-corrected chi connectivity index (χ0v) is 78.9. The molecule has 6 aliphatic rings. The van der Waals surface area contributed by atoms with Crippen LogP contribution in [0.3, 0.4) is 0 Å². The molecule has 15 rings (SSSR count). The van der Waals surface area contributed by atoms with Crippen molar-refractivity contribution in [3.8, 4) is 0 Å². The lowest BCUT2D eigenvalue weighted by Crippen LogP contribution is -2.42. The molecule has 9 aromatic carbocycles. The van der Waals surface area contributed by atoms with Crippen LogP contribution in [0.25, 0.3) is 0 Å². The summed E-state index contributed by atoms with van der Waals surface area (Å²) in [6.45, 7) is 39.0. The van der Waals surface area contributed by atoms with Crippen LogP contribution in [0.2, 0.25) is 0 Å². The van der Waals surface area contributed by atoms with Crippen LogP contribution in [0, 0.1) is 84.0 Å². The second kappa shape index (κ2) is 49.5. The van der Waals surface area contributed by atoms with Gasteiger partial charge in [-0.15, -0.1) is 0 Å². The predicted octanol–water partition coefficient (Wildman–Crippen LogP) is 28.2. The van der Waals surface area contributed by atoms with Crippen LogP contribution in [0.4, 0.5) is 0 Å². The highest BCUT2D eigenvalue weighted by Gasteiger charge is 2.46. The van der Waals surface area contributed by atoms with Crippen LogP contribution in [0.5, 0.6) is 0 Å². The molecule has 6 atom stereocenters. The highest BCUT2D eigenvalue weighted by molar-refractivity contribution is 5.38. The summed E-state index contributed by atoms with van der Waals surface area (Å²) in [6.07, 6.45) is 30.8. The molecule has 0 amide bonds. The first-order chi connectivity index (χ1) is 58.0. The van der Waals surface area contributed by atoms with Crippen molar-refractivity contribution in [2.24, 2.45) is 21.7 Å². The molecule has 8 heteroatoms. The summed E-state index contributed by atoms with van der Waals surface area (Å²) in [7, 11) is 0. The Morgan fingerprint density at radius 2 is 0.762 bits per heavy atom. The minimum absolute atomic E-state index is 0.0854. The van der Waals surface area contributed by atoms with Gasteiger partial charge in [-0.05, 0) is 263 Å². The Hall–Kier alpha value is -7.34. The molecule has 4 saturated carbocycles. The average molecular weight is 1660 g/mol. The fraction of sp³-hybridized carbons (Fsp3) is 0.526. The number of benzene rings is 9. The van der Waals surface area contributed by atoms with E-state index in [1.807, 2.05) is 86.6 Å². The maximum atomic E-state index is 10.5. The van der Waals surface area contributed by atoms with Crippen LogP contribution in [-0.2, 0) is 31.1 Å². The van der Waals surface area contributed by atoms with E-state index in [1.54, 1.807) is 11.1 Å². The van der Waals surface area contributed by atoms with Crippen LogP contribution in [-0.4, -0.2) is 53.1 Å². The molecule has 0 saturated heterocycles. The van der Waals surface area contributed by atoms with E-state index in [0.29, 0.717) is 18.3 Å². The summed E-state index contributed by atoms with van der Waals surface area (Å²) in [5.41, 5.74) is 24.9. The molecule has 4 fully saturated rings. The number of unbranched alkanes of at least 4 members (excludes halogenated alkanes) is 3. The summed E-state index contributed by atoms with van der Waals surface area (Å²) < 4.78 is 0. The second-order valence-electron chi connectivity index (χ2n) is 39.7. The molecule has 0 bridgehead atoms. The highest BCUT2D eigenvalue weighted by Crippen LogP contribution is 2.55.